The lowest BCUT2D eigenvalue weighted by Gasteiger charge is -2.28. The van der Waals surface area contributed by atoms with E-state index in [0.29, 0.717) is 0 Å². The van der Waals surface area contributed by atoms with Crippen LogP contribution in [0.2, 0.25) is 0 Å². The van der Waals surface area contributed by atoms with Gasteiger partial charge in [0.05, 0.1) is 0 Å². The SMILES string of the molecule is CCCCCN(CCCCC)C(=Cc1ccccc1)c1ccccc1. The third kappa shape index (κ3) is 6.78. The second-order valence-corrected chi connectivity index (χ2v) is 6.71. The van der Waals surface area contributed by atoms with Crippen LogP contribution in [0.3, 0.4) is 0 Å². The van der Waals surface area contributed by atoms with Crippen molar-refractivity contribution in [3.05, 3.63) is 71.8 Å². The number of hydrogen-bond acceptors (Lipinski definition) is 1. The molecule has 25 heavy (non-hydrogen) atoms. The summed E-state index contributed by atoms with van der Waals surface area (Å²) >= 11 is 0. The molecule has 134 valence electrons. The molecule has 2 aromatic carbocycles. The van der Waals surface area contributed by atoms with Crippen LogP contribution in [0, 0.1) is 0 Å². The average Bonchev–Trinajstić information content (AvgIpc) is 2.67. The molecule has 0 heterocycles. The van der Waals surface area contributed by atoms with Crippen LogP contribution >= 0.6 is 0 Å². The van der Waals surface area contributed by atoms with E-state index in [1.54, 1.807) is 0 Å². The number of rotatable bonds is 11. The molecule has 2 aromatic rings. The Morgan fingerprint density at radius 1 is 0.720 bits per heavy atom. The van der Waals surface area contributed by atoms with Crippen molar-refractivity contribution in [1.82, 2.24) is 4.90 Å². The van der Waals surface area contributed by atoms with Gasteiger partial charge in [0.15, 0.2) is 0 Å². The van der Waals surface area contributed by atoms with E-state index < -0.39 is 0 Å². The van der Waals surface area contributed by atoms with Gasteiger partial charge in [-0.1, -0.05) is 100 Å². The molecule has 0 saturated heterocycles. The van der Waals surface area contributed by atoms with Gasteiger partial charge in [-0.3, -0.25) is 0 Å². The van der Waals surface area contributed by atoms with Gasteiger partial charge in [0.2, 0.25) is 0 Å². The van der Waals surface area contributed by atoms with Crippen molar-refractivity contribution in [3.8, 4) is 0 Å². The summed E-state index contributed by atoms with van der Waals surface area (Å²) in [6, 6.07) is 21.6. The van der Waals surface area contributed by atoms with Crippen molar-refractivity contribution < 1.29 is 0 Å². The maximum Gasteiger partial charge on any atom is 0.0445 e. The molecule has 1 nitrogen and oxygen atoms in total. The summed E-state index contributed by atoms with van der Waals surface area (Å²) in [6.45, 7) is 6.84. The fraction of sp³-hybridized carbons (Fsp3) is 0.417. The standard InChI is InChI=1S/C24H33N/c1-3-5-13-19-25(20-14-6-4-2)24(23-17-11-8-12-18-23)21-22-15-9-7-10-16-22/h7-12,15-18,21H,3-6,13-14,19-20H2,1-2H3. The summed E-state index contributed by atoms with van der Waals surface area (Å²) in [4.78, 5) is 2.60. The zero-order valence-electron chi connectivity index (χ0n) is 16.0. The van der Waals surface area contributed by atoms with E-state index in [1.165, 1.54) is 55.3 Å². The Hall–Kier alpha value is -2.02. The zero-order valence-corrected chi connectivity index (χ0v) is 16.0. The lowest BCUT2D eigenvalue weighted by molar-refractivity contribution is 0.373. The molecule has 2 rings (SSSR count). The Bertz CT molecular complexity index is 591. The van der Waals surface area contributed by atoms with Crippen LogP contribution in [0.15, 0.2) is 60.7 Å². The summed E-state index contributed by atoms with van der Waals surface area (Å²) in [5.74, 6) is 0. The van der Waals surface area contributed by atoms with Gasteiger partial charge >= 0.3 is 0 Å². The molecular weight excluding hydrogens is 302 g/mol. The highest BCUT2D eigenvalue weighted by atomic mass is 15.1. The molecule has 1 heteroatoms. The Kier molecular flexibility index (Phi) is 8.90. The Labute approximate surface area is 154 Å². The first-order valence-electron chi connectivity index (χ1n) is 9.92. The second kappa shape index (κ2) is 11.5. The van der Waals surface area contributed by atoms with Crippen LogP contribution in [0.5, 0.6) is 0 Å². The van der Waals surface area contributed by atoms with Crippen molar-refractivity contribution in [2.75, 3.05) is 13.1 Å². The summed E-state index contributed by atoms with van der Waals surface area (Å²) < 4.78 is 0. The smallest absolute Gasteiger partial charge is 0.0445 e. The first-order chi connectivity index (χ1) is 12.3. The van der Waals surface area contributed by atoms with Gasteiger partial charge in [-0.25, -0.2) is 0 Å². The zero-order chi connectivity index (χ0) is 17.7. The van der Waals surface area contributed by atoms with Gasteiger partial charge in [-0.15, -0.1) is 0 Å². The van der Waals surface area contributed by atoms with Gasteiger partial charge in [0.25, 0.3) is 0 Å². The minimum Gasteiger partial charge on any atom is -0.371 e. The van der Waals surface area contributed by atoms with Crippen molar-refractivity contribution >= 4 is 11.8 Å². The lowest BCUT2D eigenvalue weighted by atomic mass is 10.1. The highest BCUT2D eigenvalue weighted by molar-refractivity contribution is 5.80. The molecule has 0 bridgehead atoms. The van der Waals surface area contributed by atoms with Crippen LogP contribution in [0.25, 0.3) is 11.8 Å². The highest BCUT2D eigenvalue weighted by Gasteiger charge is 2.11. The van der Waals surface area contributed by atoms with Gasteiger partial charge in [0.1, 0.15) is 0 Å². The summed E-state index contributed by atoms with van der Waals surface area (Å²) in [5, 5.41) is 0. The first-order valence-corrected chi connectivity index (χ1v) is 9.92. The minimum absolute atomic E-state index is 1.14. The molecule has 0 aliphatic rings. The molecule has 0 unspecified atom stereocenters. The van der Waals surface area contributed by atoms with E-state index in [9.17, 15) is 0 Å². The van der Waals surface area contributed by atoms with Crippen molar-refractivity contribution in [3.63, 3.8) is 0 Å². The maximum atomic E-state index is 2.60. The minimum atomic E-state index is 1.14. The number of benzene rings is 2. The molecule has 0 fully saturated rings. The Morgan fingerprint density at radius 2 is 1.24 bits per heavy atom. The molecule has 0 aliphatic heterocycles. The fourth-order valence-corrected chi connectivity index (χ4v) is 3.13. The quantitative estimate of drug-likeness (QED) is 0.320. The van der Waals surface area contributed by atoms with Crippen LogP contribution in [0.4, 0.5) is 0 Å². The van der Waals surface area contributed by atoms with Crippen molar-refractivity contribution in [1.29, 1.82) is 0 Å². The second-order valence-electron chi connectivity index (χ2n) is 6.71. The highest BCUT2D eigenvalue weighted by Crippen LogP contribution is 2.24. The topological polar surface area (TPSA) is 3.24 Å². The number of hydrogen-bond donors (Lipinski definition) is 0. The van der Waals surface area contributed by atoms with Crippen LogP contribution in [-0.2, 0) is 0 Å². The Balaban J connectivity index is 2.29. The van der Waals surface area contributed by atoms with Gasteiger partial charge < -0.3 is 4.90 Å². The van der Waals surface area contributed by atoms with Gasteiger partial charge in [-0.2, -0.15) is 0 Å². The molecule has 0 amide bonds. The third-order valence-corrected chi connectivity index (χ3v) is 4.58. The van der Waals surface area contributed by atoms with Crippen molar-refractivity contribution in [2.24, 2.45) is 0 Å². The first kappa shape index (κ1) is 19.3. The summed E-state index contributed by atoms with van der Waals surface area (Å²) in [5.41, 5.74) is 3.95. The third-order valence-electron chi connectivity index (χ3n) is 4.58. The van der Waals surface area contributed by atoms with E-state index >= 15 is 0 Å². The molecule has 0 aromatic heterocycles. The van der Waals surface area contributed by atoms with Crippen molar-refractivity contribution in [2.45, 2.75) is 52.4 Å². The van der Waals surface area contributed by atoms with Crippen LogP contribution < -0.4 is 0 Å². The molecule has 0 N–H and O–H groups in total. The largest absolute Gasteiger partial charge is 0.371 e. The average molecular weight is 336 g/mol. The van der Waals surface area contributed by atoms with E-state index in [0.717, 1.165) is 13.1 Å². The lowest BCUT2D eigenvalue weighted by Crippen LogP contribution is -2.24. The van der Waals surface area contributed by atoms with E-state index in [2.05, 4.69) is 85.5 Å². The summed E-state index contributed by atoms with van der Waals surface area (Å²) in [7, 11) is 0. The predicted molar refractivity (Wildman–Crippen MR) is 111 cm³/mol. The molecule has 0 spiro atoms. The molecule has 0 saturated carbocycles. The van der Waals surface area contributed by atoms with Gasteiger partial charge in [-0.05, 0) is 30.0 Å². The predicted octanol–water partition coefficient (Wildman–Crippen LogP) is 6.87. The summed E-state index contributed by atoms with van der Waals surface area (Å²) in [6.07, 6.45) is 10.0. The normalized spacial score (nSPS) is 11.5. The van der Waals surface area contributed by atoms with E-state index in [-0.39, 0.29) is 0 Å². The monoisotopic (exact) mass is 335 g/mol. The van der Waals surface area contributed by atoms with Crippen LogP contribution in [-0.4, -0.2) is 18.0 Å². The van der Waals surface area contributed by atoms with E-state index in [4.69, 9.17) is 0 Å². The van der Waals surface area contributed by atoms with Gasteiger partial charge in [0, 0.05) is 18.8 Å². The van der Waals surface area contributed by atoms with E-state index in [1.807, 2.05) is 0 Å². The maximum absolute atomic E-state index is 2.60. The number of unbranched alkanes of at least 4 members (excludes halogenated alkanes) is 4. The van der Waals surface area contributed by atoms with Crippen LogP contribution in [0.1, 0.15) is 63.5 Å². The molecule has 0 radical (unpaired) electrons. The molecule has 0 atom stereocenters. The fourth-order valence-electron chi connectivity index (χ4n) is 3.13. The molecule has 0 aliphatic carbocycles. The molecular formula is C24H33N. The Morgan fingerprint density at radius 3 is 1.76 bits per heavy atom. The number of nitrogens with zero attached hydrogens (tertiary/aromatic N) is 1.